The molecule has 0 spiro atoms. The van der Waals surface area contributed by atoms with Gasteiger partial charge in [-0.15, -0.1) is 0 Å². The van der Waals surface area contributed by atoms with Gasteiger partial charge in [0.1, 0.15) is 17.1 Å². The Morgan fingerprint density at radius 1 is 0.969 bits per heavy atom. The molecule has 0 aliphatic rings. The number of furan rings is 1. The lowest BCUT2D eigenvalue weighted by atomic mass is 10.1. The molecule has 1 aromatic heterocycles. The van der Waals surface area contributed by atoms with Crippen molar-refractivity contribution in [2.75, 3.05) is 11.8 Å². The van der Waals surface area contributed by atoms with Gasteiger partial charge >= 0.3 is 5.97 Å². The van der Waals surface area contributed by atoms with Gasteiger partial charge in [0, 0.05) is 11.3 Å². The summed E-state index contributed by atoms with van der Waals surface area (Å²) in [7, 11) is -2.52. The van der Waals surface area contributed by atoms with E-state index < -0.39 is 21.9 Å². The molecule has 0 unspecified atom stereocenters. The molecule has 8 nitrogen and oxygen atoms in total. The van der Waals surface area contributed by atoms with E-state index in [1.54, 1.807) is 19.1 Å². The summed E-state index contributed by atoms with van der Waals surface area (Å²) in [6.07, 6.45) is 0. The van der Waals surface area contributed by atoms with Gasteiger partial charge in [0.15, 0.2) is 0 Å². The average Bonchev–Trinajstić information content (AvgIpc) is 3.14. The number of hydrogen-bond acceptors (Lipinski definition) is 6. The molecular formula is C23H24N2O6S. The van der Waals surface area contributed by atoms with Crippen LogP contribution < -0.4 is 10.0 Å². The van der Waals surface area contributed by atoms with Crippen molar-refractivity contribution < 1.29 is 27.2 Å². The third-order valence-corrected chi connectivity index (χ3v) is 6.38. The summed E-state index contributed by atoms with van der Waals surface area (Å²) < 4.78 is 38.0. The van der Waals surface area contributed by atoms with Crippen LogP contribution in [0.2, 0.25) is 0 Å². The highest BCUT2D eigenvalue weighted by Crippen LogP contribution is 2.20. The quantitative estimate of drug-likeness (QED) is 0.524. The fourth-order valence-electron chi connectivity index (χ4n) is 3.02. The van der Waals surface area contributed by atoms with Crippen molar-refractivity contribution in [2.24, 2.45) is 0 Å². The van der Waals surface area contributed by atoms with Crippen LogP contribution in [-0.2, 0) is 21.3 Å². The second kappa shape index (κ2) is 9.27. The summed E-state index contributed by atoms with van der Waals surface area (Å²) in [5.41, 5.74) is 3.08. The predicted octanol–water partition coefficient (Wildman–Crippen LogP) is 3.72. The lowest BCUT2D eigenvalue weighted by Crippen LogP contribution is -2.22. The first-order chi connectivity index (χ1) is 15.1. The number of aryl methyl sites for hydroxylation is 3. The van der Waals surface area contributed by atoms with E-state index in [0.717, 1.165) is 11.1 Å². The van der Waals surface area contributed by atoms with Crippen LogP contribution in [0, 0.1) is 20.8 Å². The van der Waals surface area contributed by atoms with Crippen molar-refractivity contribution in [3.05, 3.63) is 82.3 Å². The molecule has 1 heterocycles. The van der Waals surface area contributed by atoms with E-state index in [4.69, 9.17) is 4.42 Å². The molecule has 3 rings (SSSR count). The fourth-order valence-corrected chi connectivity index (χ4v) is 4.07. The fraction of sp³-hybridized carbons (Fsp3) is 0.217. The van der Waals surface area contributed by atoms with Crippen molar-refractivity contribution in [2.45, 2.75) is 32.2 Å². The molecule has 1 amide bonds. The van der Waals surface area contributed by atoms with Gasteiger partial charge in [0.2, 0.25) is 0 Å². The smallest absolute Gasteiger partial charge is 0.341 e. The highest BCUT2D eigenvalue weighted by atomic mass is 32.2. The van der Waals surface area contributed by atoms with E-state index in [0.29, 0.717) is 22.8 Å². The lowest BCUT2D eigenvalue weighted by Gasteiger charge is -2.10. The molecule has 9 heteroatoms. The molecule has 0 atom stereocenters. The molecule has 0 bridgehead atoms. The number of amides is 1. The topological polar surface area (TPSA) is 115 Å². The number of methoxy groups -OCH3 is 1. The normalized spacial score (nSPS) is 11.1. The minimum Gasteiger partial charge on any atom is -0.465 e. The molecule has 2 aromatic carbocycles. The number of sulfonamides is 1. The van der Waals surface area contributed by atoms with Gasteiger partial charge in [0.25, 0.3) is 15.9 Å². The minimum atomic E-state index is -3.79. The van der Waals surface area contributed by atoms with Crippen LogP contribution in [0.3, 0.4) is 0 Å². The first-order valence-electron chi connectivity index (χ1n) is 9.76. The molecule has 0 radical (unpaired) electrons. The van der Waals surface area contributed by atoms with Gasteiger partial charge in [-0.25, -0.2) is 13.2 Å². The Kier molecular flexibility index (Phi) is 6.69. The van der Waals surface area contributed by atoms with E-state index >= 15 is 0 Å². The highest BCUT2D eigenvalue weighted by molar-refractivity contribution is 7.92. The van der Waals surface area contributed by atoms with Gasteiger partial charge < -0.3 is 14.5 Å². The molecular weight excluding hydrogens is 432 g/mol. The summed E-state index contributed by atoms with van der Waals surface area (Å²) in [4.78, 5) is 24.1. The molecule has 0 aliphatic carbocycles. The molecule has 32 heavy (non-hydrogen) atoms. The van der Waals surface area contributed by atoms with Gasteiger partial charge in [-0.1, -0.05) is 6.07 Å². The van der Waals surface area contributed by atoms with Crippen LogP contribution in [0.1, 0.15) is 43.4 Å². The maximum atomic E-state index is 12.6. The SMILES string of the molecule is COC(=O)c1cc(CNC(=O)c2ccc(S(=O)(=O)Nc3ccc(C)c(C)c3)cc2)oc1C. The monoisotopic (exact) mass is 456 g/mol. The maximum absolute atomic E-state index is 12.6. The molecule has 168 valence electrons. The van der Waals surface area contributed by atoms with Crippen LogP contribution in [0.15, 0.2) is 57.8 Å². The standard InChI is InChI=1S/C23H24N2O6S/c1-14-5-8-18(11-15(14)2)25-32(28,29)20-9-6-17(7-10-20)22(26)24-13-19-12-21(16(3)31-19)23(27)30-4/h5-12,25H,13H2,1-4H3,(H,24,26). The summed E-state index contributed by atoms with van der Waals surface area (Å²) in [6, 6.07) is 12.4. The summed E-state index contributed by atoms with van der Waals surface area (Å²) in [5, 5.41) is 2.67. The zero-order valence-corrected chi connectivity index (χ0v) is 19.0. The average molecular weight is 457 g/mol. The van der Waals surface area contributed by atoms with Crippen LogP contribution in [-0.4, -0.2) is 27.4 Å². The Morgan fingerprint density at radius 3 is 2.28 bits per heavy atom. The first kappa shape index (κ1) is 23.1. The third kappa shape index (κ3) is 5.17. The summed E-state index contributed by atoms with van der Waals surface area (Å²) >= 11 is 0. The van der Waals surface area contributed by atoms with Crippen LogP contribution in [0.25, 0.3) is 0 Å². The van der Waals surface area contributed by atoms with Crippen molar-refractivity contribution in [3.63, 3.8) is 0 Å². The minimum absolute atomic E-state index is 0.0386. The zero-order valence-electron chi connectivity index (χ0n) is 18.2. The van der Waals surface area contributed by atoms with Gasteiger partial charge in [-0.3, -0.25) is 9.52 Å². The second-order valence-corrected chi connectivity index (χ2v) is 8.97. The number of esters is 1. The Hall–Kier alpha value is -3.59. The Labute approximate surface area is 186 Å². The Balaban J connectivity index is 1.66. The molecule has 0 saturated heterocycles. The van der Waals surface area contributed by atoms with Crippen molar-refractivity contribution in [3.8, 4) is 0 Å². The molecule has 2 N–H and O–H groups in total. The van der Waals surface area contributed by atoms with Crippen molar-refractivity contribution >= 4 is 27.6 Å². The number of carbonyl (C=O) groups is 2. The van der Waals surface area contributed by atoms with Gasteiger partial charge in [0.05, 0.1) is 18.6 Å². The summed E-state index contributed by atoms with van der Waals surface area (Å²) in [5.74, 6) is -0.139. The molecule has 3 aromatic rings. The van der Waals surface area contributed by atoms with Crippen molar-refractivity contribution in [1.82, 2.24) is 5.32 Å². The van der Waals surface area contributed by atoms with E-state index in [1.807, 2.05) is 19.9 Å². The van der Waals surface area contributed by atoms with Crippen LogP contribution in [0.5, 0.6) is 0 Å². The van der Waals surface area contributed by atoms with E-state index in [9.17, 15) is 18.0 Å². The lowest BCUT2D eigenvalue weighted by molar-refractivity contribution is 0.0598. The van der Waals surface area contributed by atoms with Crippen LogP contribution in [0.4, 0.5) is 5.69 Å². The van der Waals surface area contributed by atoms with E-state index in [1.165, 1.54) is 37.4 Å². The highest BCUT2D eigenvalue weighted by Gasteiger charge is 2.17. The molecule has 0 fully saturated rings. The van der Waals surface area contributed by atoms with Gasteiger partial charge in [-0.2, -0.15) is 0 Å². The number of benzene rings is 2. The Bertz CT molecular complexity index is 1260. The zero-order chi connectivity index (χ0) is 23.5. The third-order valence-electron chi connectivity index (χ3n) is 4.98. The Morgan fingerprint density at radius 2 is 1.66 bits per heavy atom. The largest absolute Gasteiger partial charge is 0.465 e. The second-order valence-electron chi connectivity index (χ2n) is 7.29. The number of hydrogen-bond donors (Lipinski definition) is 2. The number of carbonyl (C=O) groups excluding carboxylic acids is 2. The van der Waals surface area contributed by atoms with E-state index in [2.05, 4.69) is 14.8 Å². The first-order valence-corrected chi connectivity index (χ1v) is 11.2. The van der Waals surface area contributed by atoms with E-state index in [-0.39, 0.29) is 17.0 Å². The van der Waals surface area contributed by atoms with Crippen LogP contribution >= 0.6 is 0 Å². The predicted molar refractivity (Wildman–Crippen MR) is 119 cm³/mol. The van der Waals surface area contributed by atoms with Crippen molar-refractivity contribution in [1.29, 1.82) is 0 Å². The molecule has 0 aliphatic heterocycles. The number of rotatable bonds is 7. The molecule has 0 saturated carbocycles. The van der Waals surface area contributed by atoms with Gasteiger partial charge in [-0.05, 0) is 74.4 Å². The summed E-state index contributed by atoms with van der Waals surface area (Å²) in [6.45, 7) is 5.54. The number of anilines is 1. The number of nitrogens with one attached hydrogen (secondary N) is 2. The number of ether oxygens (including phenoxy) is 1. The maximum Gasteiger partial charge on any atom is 0.341 e.